The number of phenolic OH excluding ortho intramolecular Hbond substituents is 1. The predicted octanol–water partition coefficient (Wildman–Crippen LogP) is 1.87. The summed E-state index contributed by atoms with van der Waals surface area (Å²) in [5.41, 5.74) is 7.33. The molecule has 2 rings (SSSR count). The minimum Gasteiger partial charge on any atom is -0.508 e. The summed E-state index contributed by atoms with van der Waals surface area (Å²) in [7, 11) is 0. The van der Waals surface area contributed by atoms with Crippen LogP contribution in [0.25, 0.3) is 0 Å². The highest BCUT2D eigenvalue weighted by Crippen LogP contribution is 2.15. The SMILES string of the molecule is NCCc1ccc(OCc2cccc(O)c2)cn1. The summed E-state index contributed by atoms with van der Waals surface area (Å²) in [5.74, 6) is 0.951. The number of nitrogens with zero attached hydrogens (tertiary/aromatic N) is 1. The summed E-state index contributed by atoms with van der Waals surface area (Å²) in [6.45, 7) is 1.00. The Morgan fingerprint density at radius 3 is 2.78 bits per heavy atom. The van der Waals surface area contributed by atoms with E-state index in [4.69, 9.17) is 10.5 Å². The number of hydrogen-bond acceptors (Lipinski definition) is 4. The van der Waals surface area contributed by atoms with E-state index in [-0.39, 0.29) is 5.75 Å². The van der Waals surface area contributed by atoms with Crippen LogP contribution in [0.15, 0.2) is 42.6 Å². The van der Waals surface area contributed by atoms with Gasteiger partial charge in [-0.05, 0) is 36.4 Å². The second kappa shape index (κ2) is 6.02. The fourth-order valence-corrected chi connectivity index (χ4v) is 1.60. The molecule has 0 saturated heterocycles. The maximum atomic E-state index is 9.33. The van der Waals surface area contributed by atoms with Crippen molar-refractivity contribution in [1.29, 1.82) is 0 Å². The van der Waals surface area contributed by atoms with E-state index in [1.807, 2.05) is 18.2 Å². The van der Waals surface area contributed by atoms with Crippen LogP contribution in [0.4, 0.5) is 0 Å². The maximum Gasteiger partial charge on any atom is 0.138 e. The van der Waals surface area contributed by atoms with Gasteiger partial charge in [-0.2, -0.15) is 0 Å². The van der Waals surface area contributed by atoms with Gasteiger partial charge in [0.05, 0.1) is 6.20 Å². The highest BCUT2D eigenvalue weighted by Gasteiger charge is 1.98. The van der Waals surface area contributed by atoms with E-state index in [1.165, 1.54) is 0 Å². The number of benzene rings is 1. The molecule has 0 atom stereocenters. The third kappa shape index (κ3) is 3.46. The fraction of sp³-hybridized carbons (Fsp3) is 0.214. The van der Waals surface area contributed by atoms with Crippen molar-refractivity contribution in [3.63, 3.8) is 0 Å². The molecular formula is C14H16N2O2. The van der Waals surface area contributed by atoms with E-state index in [0.717, 1.165) is 17.7 Å². The predicted molar refractivity (Wildman–Crippen MR) is 69.4 cm³/mol. The third-order valence-corrected chi connectivity index (χ3v) is 2.51. The van der Waals surface area contributed by atoms with Gasteiger partial charge in [0.15, 0.2) is 0 Å². The van der Waals surface area contributed by atoms with Gasteiger partial charge in [0, 0.05) is 12.1 Å². The van der Waals surface area contributed by atoms with Gasteiger partial charge >= 0.3 is 0 Å². The Balaban J connectivity index is 1.93. The van der Waals surface area contributed by atoms with Crippen LogP contribution in [-0.4, -0.2) is 16.6 Å². The van der Waals surface area contributed by atoms with Crippen molar-refractivity contribution >= 4 is 0 Å². The number of hydrogen-bond donors (Lipinski definition) is 2. The monoisotopic (exact) mass is 244 g/mol. The topological polar surface area (TPSA) is 68.4 Å². The minimum atomic E-state index is 0.243. The number of aromatic hydroxyl groups is 1. The van der Waals surface area contributed by atoms with Crippen molar-refractivity contribution in [3.05, 3.63) is 53.9 Å². The maximum absolute atomic E-state index is 9.33. The first-order valence-electron chi connectivity index (χ1n) is 5.83. The molecular weight excluding hydrogens is 228 g/mol. The van der Waals surface area contributed by atoms with E-state index in [2.05, 4.69) is 4.98 Å². The highest BCUT2D eigenvalue weighted by molar-refractivity contribution is 5.27. The molecule has 0 fully saturated rings. The van der Waals surface area contributed by atoms with Crippen LogP contribution in [-0.2, 0) is 13.0 Å². The Bertz CT molecular complexity index is 497. The van der Waals surface area contributed by atoms with E-state index in [1.54, 1.807) is 24.4 Å². The number of phenols is 1. The molecule has 4 heteroatoms. The van der Waals surface area contributed by atoms with E-state index >= 15 is 0 Å². The van der Waals surface area contributed by atoms with Gasteiger partial charge in [-0.1, -0.05) is 12.1 Å². The normalized spacial score (nSPS) is 10.3. The highest BCUT2D eigenvalue weighted by atomic mass is 16.5. The second-order valence-electron chi connectivity index (χ2n) is 3.98. The van der Waals surface area contributed by atoms with E-state index in [0.29, 0.717) is 18.9 Å². The third-order valence-electron chi connectivity index (χ3n) is 2.51. The fourth-order valence-electron chi connectivity index (χ4n) is 1.60. The zero-order valence-corrected chi connectivity index (χ0v) is 10.0. The summed E-state index contributed by atoms with van der Waals surface area (Å²) >= 11 is 0. The van der Waals surface area contributed by atoms with Crippen LogP contribution in [0, 0.1) is 0 Å². The molecule has 1 heterocycles. The molecule has 4 nitrogen and oxygen atoms in total. The largest absolute Gasteiger partial charge is 0.508 e. The Morgan fingerprint density at radius 1 is 1.22 bits per heavy atom. The van der Waals surface area contributed by atoms with Gasteiger partial charge in [-0.25, -0.2) is 0 Å². The zero-order valence-electron chi connectivity index (χ0n) is 10.0. The van der Waals surface area contributed by atoms with Crippen molar-refractivity contribution in [2.75, 3.05) is 6.54 Å². The lowest BCUT2D eigenvalue weighted by molar-refractivity contribution is 0.304. The van der Waals surface area contributed by atoms with Crippen LogP contribution < -0.4 is 10.5 Å². The van der Waals surface area contributed by atoms with Gasteiger partial charge in [0.2, 0.25) is 0 Å². The molecule has 0 saturated carbocycles. The summed E-state index contributed by atoms with van der Waals surface area (Å²) in [5, 5.41) is 9.33. The van der Waals surface area contributed by atoms with Crippen LogP contribution in [0.1, 0.15) is 11.3 Å². The lowest BCUT2D eigenvalue weighted by atomic mass is 10.2. The van der Waals surface area contributed by atoms with Crippen LogP contribution in [0.3, 0.4) is 0 Å². The van der Waals surface area contributed by atoms with E-state index in [9.17, 15) is 5.11 Å². The minimum absolute atomic E-state index is 0.243. The number of aromatic nitrogens is 1. The average molecular weight is 244 g/mol. The molecule has 0 unspecified atom stereocenters. The van der Waals surface area contributed by atoms with E-state index < -0.39 is 0 Å². The molecule has 0 radical (unpaired) electrons. The molecule has 94 valence electrons. The molecule has 0 bridgehead atoms. The Hall–Kier alpha value is -2.07. The second-order valence-corrected chi connectivity index (χ2v) is 3.98. The molecule has 0 spiro atoms. The first-order chi connectivity index (χ1) is 8.78. The van der Waals surface area contributed by atoms with Crippen LogP contribution >= 0.6 is 0 Å². The Morgan fingerprint density at radius 2 is 2.11 bits per heavy atom. The lowest BCUT2D eigenvalue weighted by Gasteiger charge is -2.07. The molecule has 0 amide bonds. The number of pyridine rings is 1. The molecule has 2 aromatic rings. The van der Waals surface area contributed by atoms with Crippen molar-refractivity contribution in [3.8, 4) is 11.5 Å². The van der Waals surface area contributed by atoms with Gasteiger partial charge in [0.1, 0.15) is 18.1 Å². The molecule has 0 aliphatic rings. The Labute approximate surface area is 106 Å². The summed E-state index contributed by atoms with van der Waals surface area (Å²) in [6, 6.07) is 10.8. The number of rotatable bonds is 5. The summed E-state index contributed by atoms with van der Waals surface area (Å²) in [6.07, 6.45) is 2.46. The van der Waals surface area contributed by atoms with Crippen molar-refractivity contribution in [2.24, 2.45) is 5.73 Å². The standard InChI is InChI=1S/C14H16N2O2/c15-7-6-12-4-5-14(9-16-12)18-10-11-2-1-3-13(17)8-11/h1-5,8-9,17H,6-7,10,15H2. The molecule has 1 aromatic carbocycles. The van der Waals surface area contributed by atoms with Gasteiger partial charge < -0.3 is 15.6 Å². The van der Waals surface area contributed by atoms with Gasteiger partial charge in [0.25, 0.3) is 0 Å². The smallest absolute Gasteiger partial charge is 0.138 e. The molecule has 1 aromatic heterocycles. The lowest BCUT2D eigenvalue weighted by Crippen LogP contribution is -2.04. The molecule has 3 N–H and O–H groups in total. The van der Waals surface area contributed by atoms with Crippen molar-refractivity contribution in [2.45, 2.75) is 13.0 Å². The molecule has 0 aliphatic carbocycles. The average Bonchev–Trinajstić information content (AvgIpc) is 2.38. The quantitative estimate of drug-likeness (QED) is 0.842. The number of ether oxygens (including phenoxy) is 1. The van der Waals surface area contributed by atoms with Gasteiger partial charge in [-0.3, -0.25) is 4.98 Å². The van der Waals surface area contributed by atoms with Gasteiger partial charge in [-0.15, -0.1) is 0 Å². The summed E-state index contributed by atoms with van der Waals surface area (Å²) in [4.78, 5) is 4.24. The van der Waals surface area contributed by atoms with Crippen LogP contribution in [0.5, 0.6) is 11.5 Å². The van der Waals surface area contributed by atoms with Crippen molar-refractivity contribution in [1.82, 2.24) is 4.98 Å². The van der Waals surface area contributed by atoms with Crippen molar-refractivity contribution < 1.29 is 9.84 Å². The molecule has 0 aliphatic heterocycles. The first kappa shape index (κ1) is 12.4. The number of nitrogens with two attached hydrogens (primary N) is 1. The first-order valence-corrected chi connectivity index (χ1v) is 5.83. The summed E-state index contributed by atoms with van der Waals surface area (Å²) < 4.78 is 5.58. The molecule has 18 heavy (non-hydrogen) atoms. The Kier molecular flexibility index (Phi) is 4.15. The zero-order chi connectivity index (χ0) is 12.8. The van der Waals surface area contributed by atoms with Crippen LogP contribution in [0.2, 0.25) is 0 Å².